The van der Waals surface area contributed by atoms with Gasteiger partial charge in [-0.05, 0) is 36.6 Å². The van der Waals surface area contributed by atoms with Crippen LogP contribution in [0.1, 0.15) is 31.4 Å². The van der Waals surface area contributed by atoms with Crippen LogP contribution in [0.5, 0.6) is 0 Å². The van der Waals surface area contributed by atoms with Gasteiger partial charge < -0.3 is 20.5 Å². The number of amides is 2. The first-order valence-electron chi connectivity index (χ1n) is 8.45. The lowest BCUT2D eigenvalue weighted by molar-refractivity contribution is 0.107. The summed E-state index contributed by atoms with van der Waals surface area (Å²) < 4.78 is 5.69. The van der Waals surface area contributed by atoms with Gasteiger partial charge in [0.25, 0.3) is 0 Å². The Morgan fingerprint density at radius 2 is 1.64 bits per heavy atom. The molecule has 2 aromatic carbocycles. The first kappa shape index (κ1) is 19.0. The lowest BCUT2D eigenvalue weighted by Crippen LogP contribution is -2.50. The van der Waals surface area contributed by atoms with Crippen molar-refractivity contribution in [1.29, 1.82) is 0 Å². The molecule has 0 aromatic heterocycles. The lowest BCUT2D eigenvalue weighted by Gasteiger charge is -2.27. The van der Waals surface area contributed by atoms with Crippen molar-refractivity contribution in [2.24, 2.45) is 0 Å². The minimum Gasteiger partial charge on any atom is -0.394 e. The van der Waals surface area contributed by atoms with Crippen molar-refractivity contribution in [3.05, 3.63) is 65.7 Å². The van der Waals surface area contributed by atoms with Crippen molar-refractivity contribution in [3.8, 4) is 0 Å². The molecule has 0 aliphatic carbocycles. The van der Waals surface area contributed by atoms with Crippen molar-refractivity contribution < 1.29 is 14.6 Å². The fourth-order valence-electron chi connectivity index (χ4n) is 2.22. The van der Waals surface area contributed by atoms with Gasteiger partial charge in [0.15, 0.2) is 0 Å². The van der Waals surface area contributed by atoms with E-state index in [1.807, 2.05) is 61.5 Å². The van der Waals surface area contributed by atoms with Crippen LogP contribution in [0.2, 0.25) is 0 Å². The van der Waals surface area contributed by atoms with E-state index in [1.54, 1.807) is 6.92 Å². The van der Waals surface area contributed by atoms with Gasteiger partial charge in [0.1, 0.15) is 0 Å². The molecule has 1 atom stereocenters. The number of ether oxygens (including phenoxy) is 1. The van der Waals surface area contributed by atoms with E-state index in [-0.39, 0.29) is 12.6 Å². The van der Waals surface area contributed by atoms with Crippen molar-refractivity contribution in [3.63, 3.8) is 0 Å². The molecule has 0 bridgehead atoms. The molecular weight excluding hydrogens is 316 g/mol. The quantitative estimate of drug-likeness (QED) is 0.685. The summed E-state index contributed by atoms with van der Waals surface area (Å²) in [5.41, 5.74) is 2.26. The summed E-state index contributed by atoms with van der Waals surface area (Å²) in [6.07, 6.45) is 0.647. The van der Waals surface area contributed by atoms with Crippen LogP contribution in [0, 0.1) is 0 Å². The first-order valence-corrected chi connectivity index (χ1v) is 8.45. The van der Waals surface area contributed by atoms with Gasteiger partial charge in [-0.2, -0.15) is 0 Å². The Hall–Kier alpha value is -2.37. The van der Waals surface area contributed by atoms with Gasteiger partial charge in [-0.15, -0.1) is 0 Å². The molecule has 5 nitrogen and oxygen atoms in total. The first-order chi connectivity index (χ1) is 12.0. The largest absolute Gasteiger partial charge is 0.394 e. The Balaban J connectivity index is 1.80. The van der Waals surface area contributed by atoms with Crippen LogP contribution in [0.4, 0.5) is 10.5 Å². The maximum Gasteiger partial charge on any atom is 0.319 e. The Kier molecular flexibility index (Phi) is 6.98. The summed E-state index contributed by atoms with van der Waals surface area (Å²) in [4.78, 5) is 12.0. The Morgan fingerprint density at radius 3 is 2.20 bits per heavy atom. The molecule has 5 heteroatoms. The number of anilines is 1. The average molecular weight is 342 g/mol. The molecule has 134 valence electrons. The monoisotopic (exact) mass is 342 g/mol. The number of rotatable bonds is 8. The molecule has 0 spiro atoms. The fraction of sp³-hybridized carbons (Fsp3) is 0.350. The van der Waals surface area contributed by atoms with E-state index in [2.05, 4.69) is 10.6 Å². The highest BCUT2D eigenvalue weighted by molar-refractivity contribution is 5.89. The van der Waals surface area contributed by atoms with Crippen LogP contribution in [-0.2, 0) is 18.0 Å². The third-order valence-electron chi connectivity index (χ3n) is 4.14. The maximum atomic E-state index is 12.0. The zero-order valence-electron chi connectivity index (χ0n) is 14.8. The summed E-state index contributed by atoms with van der Waals surface area (Å²) in [6.45, 7) is 4.70. The Morgan fingerprint density at radius 1 is 1.04 bits per heavy atom. The molecular formula is C20H26N2O3. The van der Waals surface area contributed by atoms with Crippen LogP contribution >= 0.6 is 0 Å². The van der Waals surface area contributed by atoms with Crippen molar-refractivity contribution >= 4 is 11.7 Å². The van der Waals surface area contributed by atoms with E-state index < -0.39 is 5.54 Å². The zero-order chi connectivity index (χ0) is 18.1. The molecule has 25 heavy (non-hydrogen) atoms. The Bertz CT molecular complexity index is 652. The summed E-state index contributed by atoms with van der Waals surface area (Å²) in [6, 6.07) is 17.2. The average Bonchev–Trinajstić information content (AvgIpc) is 2.64. The highest BCUT2D eigenvalue weighted by atomic mass is 16.5. The number of carbonyl (C=O) groups excluding carboxylic acids is 1. The number of urea groups is 1. The normalized spacial score (nSPS) is 13.1. The molecule has 2 rings (SSSR count). The number of aliphatic hydroxyl groups excluding tert-OH is 1. The van der Waals surface area contributed by atoms with Gasteiger partial charge in [-0.3, -0.25) is 0 Å². The minimum absolute atomic E-state index is 0.103. The van der Waals surface area contributed by atoms with Gasteiger partial charge >= 0.3 is 6.03 Å². The second kappa shape index (κ2) is 9.20. The number of hydrogen-bond acceptors (Lipinski definition) is 3. The zero-order valence-corrected chi connectivity index (χ0v) is 14.8. The standard InChI is InChI=1S/C20H26N2O3/c1-3-20(2,15-23)22-19(24)21-18-11-9-17(10-12-18)14-25-13-16-7-5-4-6-8-16/h4-12,23H,3,13-15H2,1-2H3,(H2,21,22,24). The summed E-state index contributed by atoms with van der Waals surface area (Å²) in [7, 11) is 0. The third kappa shape index (κ3) is 6.21. The van der Waals surface area contributed by atoms with Gasteiger partial charge in [0.05, 0.1) is 25.4 Å². The predicted molar refractivity (Wildman–Crippen MR) is 99.3 cm³/mol. The van der Waals surface area contributed by atoms with Gasteiger partial charge in [0, 0.05) is 5.69 Å². The molecule has 0 saturated heterocycles. The smallest absolute Gasteiger partial charge is 0.319 e. The highest BCUT2D eigenvalue weighted by Crippen LogP contribution is 2.13. The number of hydrogen-bond donors (Lipinski definition) is 3. The topological polar surface area (TPSA) is 70.6 Å². The second-order valence-corrected chi connectivity index (χ2v) is 6.33. The number of aliphatic hydroxyl groups is 1. The van der Waals surface area contributed by atoms with Crippen LogP contribution < -0.4 is 10.6 Å². The maximum absolute atomic E-state index is 12.0. The molecule has 0 radical (unpaired) electrons. The van der Waals surface area contributed by atoms with Crippen molar-refractivity contribution in [1.82, 2.24) is 5.32 Å². The summed E-state index contributed by atoms with van der Waals surface area (Å²) in [5.74, 6) is 0. The summed E-state index contributed by atoms with van der Waals surface area (Å²) in [5, 5.41) is 14.9. The van der Waals surface area contributed by atoms with Gasteiger partial charge in [0.2, 0.25) is 0 Å². The van der Waals surface area contributed by atoms with E-state index in [9.17, 15) is 9.90 Å². The molecule has 2 amide bonds. The van der Waals surface area contributed by atoms with Crippen molar-refractivity contribution in [2.75, 3.05) is 11.9 Å². The molecule has 3 N–H and O–H groups in total. The van der Waals surface area contributed by atoms with Crippen LogP contribution in [0.3, 0.4) is 0 Å². The third-order valence-corrected chi connectivity index (χ3v) is 4.14. The molecule has 0 fully saturated rings. The minimum atomic E-state index is -0.616. The molecule has 0 aliphatic heterocycles. The molecule has 0 aliphatic rings. The predicted octanol–water partition coefficient (Wildman–Crippen LogP) is 3.69. The van der Waals surface area contributed by atoms with E-state index in [0.717, 1.165) is 11.1 Å². The molecule has 0 saturated carbocycles. The number of benzene rings is 2. The van der Waals surface area contributed by atoms with Crippen molar-refractivity contribution in [2.45, 2.75) is 39.0 Å². The van der Waals surface area contributed by atoms with E-state index >= 15 is 0 Å². The SMILES string of the molecule is CCC(C)(CO)NC(=O)Nc1ccc(COCc2ccccc2)cc1. The van der Waals surface area contributed by atoms with Crippen LogP contribution in [0.15, 0.2) is 54.6 Å². The van der Waals surface area contributed by atoms with E-state index in [4.69, 9.17) is 4.74 Å². The number of nitrogens with one attached hydrogen (secondary N) is 2. The fourth-order valence-corrected chi connectivity index (χ4v) is 2.22. The van der Waals surface area contributed by atoms with Crippen LogP contribution in [0.25, 0.3) is 0 Å². The molecule has 2 aromatic rings. The number of carbonyl (C=O) groups is 1. The van der Waals surface area contributed by atoms with E-state index in [1.165, 1.54) is 0 Å². The molecule has 1 unspecified atom stereocenters. The van der Waals surface area contributed by atoms with Gasteiger partial charge in [-0.25, -0.2) is 4.79 Å². The molecule has 0 heterocycles. The lowest BCUT2D eigenvalue weighted by atomic mass is 10.0. The Labute approximate surface area is 149 Å². The van der Waals surface area contributed by atoms with Crippen LogP contribution in [-0.4, -0.2) is 23.3 Å². The highest BCUT2D eigenvalue weighted by Gasteiger charge is 2.23. The van der Waals surface area contributed by atoms with E-state index in [0.29, 0.717) is 25.3 Å². The second-order valence-electron chi connectivity index (χ2n) is 6.33. The summed E-state index contributed by atoms with van der Waals surface area (Å²) >= 11 is 0. The van der Waals surface area contributed by atoms with Gasteiger partial charge in [-0.1, -0.05) is 49.4 Å².